The fraction of sp³-hybridized carbons (Fsp3) is 0.143. The van der Waals surface area contributed by atoms with Gasteiger partial charge < -0.3 is 15.4 Å². The minimum atomic E-state index is -0.363. The molecule has 1 heterocycles. The molecule has 3 aromatic rings. The van der Waals surface area contributed by atoms with Gasteiger partial charge in [0.1, 0.15) is 17.4 Å². The lowest BCUT2D eigenvalue weighted by molar-refractivity contribution is 0.457. The number of nitrogens with one attached hydrogen (secondary N) is 2. The van der Waals surface area contributed by atoms with Crippen LogP contribution in [0.4, 0.5) is 8.78 Å². The summed E-state index contributed by atoms with van der Waals surface area (Å²) in [7, 11) is 1.67. The van der Waals surface area contributed by atoms with Gasteiger partial charge in [-0.25, -0.2) is 13.8 Å². The lowest BCUT2D eigenvalue weighted by atomic mass is 10.2. The number of pyridine rings is 1. The first-order chi connectivity index (χ1) is 13.6. The third-order valence-electron chi connectivity index (χ3n) is 3.87. The summed E-state index contributed by atoms with van der Waals surface area (Å²) in [5.74, 6) is 0.766. The molecular weight excluding hydrogens is 489 g/mol. The molecule has 0 saturated heterocycles. The molecule has 0 radical (unpaired) electrons. The predicted octanol–water partition coefficient (Wildman–Crippen LogP) is 4.64. The molecular formula is C21H21F2IN4O. The first-order valence-corrected chi connectivity index (χ1v) is 8.70. The molecule has 0 fully saturated rings. The Kier molecular flexibility index (Phi) is 8.78. The second-order valence-electron chi connectivity index (χ2n) is 5.97. The van der Waals surface area contributed by atoms with Crippen molar-refractivity contribution in [3.05, 3.63) is 89.6 Å². The van der Waals surface area contributed by atoms with Gasteiger partial charge in [-0.2, -0.15) is 0 Å². The largest absolute Gasteiger partial charge is 0.439 e. The van der Waals surface area contributed by atoms with Crippen LogP contribution in [-0.4, -0.2) is 18.0 Å². The minimum Gasteiger partial charge on any atom is -0.439 e. The summed E-state index contributed by atoms with van der Waals surface area (Å²) in [4.78, 5) is 8.39. The number of ether oxygens (including phenoxy) is 1. The SMILES string of the molecule is CN=C(NCc1ccc(F)cc1)NCc1ccc(Oc2cccc(F)c2)nc1.I. The van der Waals surface area contributed by atoms with Crippen LogP contribution in [0.5, 0.6) is 11.6 Å². The van der Waals surface area contributed by atoms with E-state index in [2.05, 4.69) is 20.6 Å². The standard InChI is InChI=1S/C21H20F2N4O.HI/c1-24-21(26-12-15-5-8-17(22)9-6-15)27-14-16-7-10-20(25-13-16)28-19-4-2-3-18(23)11-19;/h2-11,13H,12,14H2,1H3,(H2,24,26,27);1H. The molecule has 29 heavy (non-hydrogen) atoms. The van der Waals surface area contributed by atoms with Crippen molar-refractivity contribution in [1.82, 2.24) is 15.6 Å². The van der Waals surface area contributed by atoms with E-state index in [9.17, 15) is 8.78 Å². The summed E-state index contributed by atoms with van der Waals surface area (Å²) in [5.41, 5.74) is 1.88. The summed E-state index contributed by atoms with van der Waals surface area (Å²) in [6, 6.07) is 15.8. The van der Waals surface area contributed by atoms with Crippen molar-refractivity contribution in [2.45, 2.75) is 13.1 Å². The van der Waals surface area contributed by atoms with Crippen LogP contribution in [0.1, 0.15) is 11.1 Å². The molecule has 8 heteroatoms. The number of rotatable bonds is 6. The van der Waals surface area contributed by atoms with E-state index >= 15 is 0 Å². The number of hydrogen-bond acceptors (Lipinski definition) is 3. The average Bonchev–Trinajstić information content (AvgIpc) is 2.70. The summed E-state index contributed by atoms with van der Waals surface area (Å²) < 4.78 is 31.7. The van der Waals surface area contributed by atoms with Crippen LogP contribution in [0, 0.1) is 11.6 Å². The van der Waals surface area contributed by atoms with Crippen molar-refractivity contribution in [2.24, 2.45) is 4.99 Å². The van der Waals surface area contributed by atoms with Gasteiger partial charge >= 0.3 is 0 Å². The lowest BCUT2D eigenvalue weighted by Gasteiger charge is -2.12. The molecule has 0 saturated carbocycles. The smallest absolute Gasteiger partial charge is 0.219 e. The van der Waals surface area contributed by atoms with Gasteiger partial charge in [0.15, 0.2) is 5.96 Å². The zero-order valence-electron chi connectivity index (χ0n) is 15.7. The maximum atomic E-state index is 13.2. The maximum absolute atomic E-state index is 13.2. The number of guanidine groups is 1. The van der Waals surface area contributed by atoms with Crippen LogP contribution in [-0.2, 0) is 13.1 Å². The van der Waals surface area contributed by atoms with E-state index in [4.69, 9.17) is 4.74 Å². The maximum Gasteiger partial charge on any atom is 0.219 e. The van der Waals surface area contributed by atoms with Gasteiger partial charge in [-0.1, -0.05) is 24.3 Å². The van der Waals surface area contributed by atoms with Crippen LogP contribution in [0.2, 0.25) is 0 Å². The average molecular weight is 510 g/mol. The summed E-state index contributed by atoms with van der Waals surface area (Å²) in [5, 5.41) is 6.34. The Bertz CT molecular complexity index is 934. The first-order valence-electron chi connectivity index (χ1n) is 8.70. The quantitative estimate of drug-likeness (QED) is 0.289. The molecule has 152 valence electrons. The molecule has 0 aliphatic heterocycles. The van der Waals surface area contributed by atoms with Gasteiger partial charge in [0.2, 0.25) is 5.88 Å². The van der Waals surface area contributed by atoms with Gasteiger partial charge in [-0.3, -0.25) is 4.99 Å². The third kappa shape index (κ3) is 7.30. The molecule has 0 unspecified atom stereocenters. The van der Waals surface area contributed by atoms with Crippen molar-refractivity contribution < 1.29 is 13.5 Å². The van der Waals surface area contributed by atoms with E-state index in [1.807, 2.05) is 6.07 Å². The summed E-state index contributed by atoms with van der Waals surface area (Å²) in [6.45, 7) is 1.04. The number of hydrogen-bond donors (Lipinski definition) is 2. The van der Waals surface area contributed by atoms with E-state index in [0.29, 0.717) is 30.7 Å². The number of aromatic nitrogens is 1. The Labute approximate surface area is 185 Å². The molecule has 0 aliphatic carbocycles. The fourth-order valence-corrected chi connectivity index (χ4v) is 2.42. The van der Waals surface area contributed by atoms with Gasteiger partial charge in [0.05, 0.1) is 0 Å². The monoisotopic (exact) mass is 510 g/mol. The van der Waals surface area contributed by atoms with Crippen molar-refractivity contribution in [2.75, 3.05) is 7.05 Å². The molecule has 0 aliphatic rings. The molecule has 0 atom stereocenters. The molecule has 5 nitrogen and oxygen atoms in total. The number of benzene rings is 2. The van der Waals surface area contributed by atoms with Gasteiger partial charge in [-0.15, -0.1) is 24.0 Å². The van der Waals surface area contributed by atoms with E-state index in [-0.39, 0.29) is 35.6 Å². The highest BCUT2D eigenvalue weighted by molar-refractivity contribution is 14.0. The second kappa shape index (κ2) is 11.3. The third-order valence-corrected chi connectivity index (χ3v) is 3.87. The second-order valence-corrected chi connectivity index (χ2v) is 5.97. The zero-order valence-corrected chi connectivity index (χ0v) is 18.1. The molecule has 2 aromatic carbocycles. The van der Waals surface area contributed by atoms with Crippen molar-refractivity contribution in [3.63, 3.8) is 0 Å². The minimum absolute atomic E-state index is 0. The van der Waals surface area contributed by atoms with E-state index < -0.39 is 0 Å². The molecule has 3 rings (SSSR count). The van der Waals surface area contributed by atoms with E-state index in [1.54, 1.807) is 43.6 Å². The highest BCUT2D eigenvalue weighted by Gasteiger charge is 2.03. The normalized spacial score (nSPS) is 10.8. The number of halogens is 3. The Morgan fingerprint density at radius 1 is 0.931 bits per heavy atom. The van der Waals surface area contributed by atoms with E-state index in [1.165, 1.54) is 24.3 Å². The number of nitrogens with zero attached hydrogens (tertiary/aromatic N) is 2. The van der Waals surface area contributed by atoms with E-state index in [0.717, 1.165) is 11.1 Å². The summed E-state index contributed by atoms with van der Waals surface area (Å²) >= 11 is 0. The summed E-state index contributed by atoms with van der Waals surface area (Å²) in [6.07, 6.45) is 1.68. The van der Waals surface area contributed by atoms with Crippen LogP contribution < -0.4 is 15.4 Å². The highest BCUT2D eigenvalue weighted by atomic mass is 127. The highest BCUT2D eigenvalue weighted by Crippen LogP contribution is 2.19. The van der Waals surface area contributed by atoms with Gasteiger partial charge in [-0.05, 0) is 35.4 Å². The van der Waals surface area contributed by atoms with Crippen molar-refractivity contribution in [3.8, 4) is 11.6 Å². The zero-order chi connectivity index (χ0) is 19.8. The molecule has 0 spiro atoms. The predicted molar refractivity (Wildman–Crippen MR) is 120 cm³/mol. The molecule has 0 bridgehead atoms. The fourth-order valence-electron chi connectivity index (χ4n) is 2.42. The van der Waals surface area contributed by atoms with Gasteiger partial charge in [0, 0.05) is 38.5 Å². The van der Waals surface area contributed by atoms with Gasteiger partial charge in [0.25, 0.3) is 0 Å². The Hall–Kier alpha value is -2.75. The van der Waals surface area contributed by atoms with Crippen LogP contribution in [0.3, 0.4) is 0 Å². The number of aliphatic imine (C=N–C) groups is 1. The molecule has 1 aromatic heterocycles. The Balaban J connectivity index is 0.00000300. The van der Waals surface area contributed by atoms with Crippen LogP contribution in [0.25, 0.3) is 0 Å². The molecule has 0 amide bonds. The molecule has 2 N–H and O–H groups in total. The Morgan fingerprint density at radius 2 is 1.62 bits per heavy atom. The van der Waals surface area contributed by atoms with Crippen LogP contribution >= 0.6 is 24.0 Å². The van der Waals surface area contributed by atoms with Crippen molar-refractivity contribution >= 4 is 29.9 Å². The lowest BCUT2D eigenvalue weighted by Crippen LogP contribution is -2.36. The Morgan fingerprint density at radius 3 is 2.24 bits per heavy atom. The van der Waals surface area contributed by atoms with Crippen LogP contribution in [0.15, 0.2) is 71.9 Å². The first kappa shape index (κ1) is 22.5. The van der Waals surface area contributed by atoms with Crippen molar-refractivity contribution in [1.29, 1.82) is 0 Å². The topological polar surface area (TPSA) is 58.5 Å².